The number of ether oxygens (including phenoxy) is 2. The lowest BCUT2D eigenvalue weighted by atomic mass is 9.66. The van der Waals surface area contributed by atoms with Gasteiger partial charge in [-0.3, -0.25) is 9.59 Å². The fourth-order valence-electron chi connectivity index (χ4n) is 3.34. The van der Waals surface area contributed by atoms with Crippen LogP contribution in [0.4, 0.5) is 0 Å². The molecule has 1 aliphatic carbocycles. The minimum absolute atomic E-state index is 0.151. The largest absolute Gasteiger partial charge is 0.496 e. The van der Waals surface area contributed by atoms with Crippen molar-refractivity contribution in [2.75, 3.05) is 7.11 Å². The highest BCUT2D eigenvalue weighted by Gasteiger charge is 2.64. The molecule has 1 N–H and O–H groups in total. The van der Waals surface area contributed by atoms with E-state index in [0.29, 0.717) is 24.3 Å². The van der Waals surface area contributed by atoms with E-state index in [1.54, 1.807) is 19.1 Å². The zero-order valence-electron chi connectivity index (χ0n) is 12.4. The molecule has 0 amide bonds. The third-order valence-electron chi connectivity index (χ3n) is 4.55. The molecule has 1 aliphatic heterocycles. The van der Waals surface area contributed by atoms with Gasteiger partial charge in [0.15, 0.2) is 5.78 Å². The molecular weight excluding hydrogens is 272 g/mol. The SMILES string of the molecule is COc1cc(C)cc2c1C(=O)[C@]1(O)C(=O)CCC[C@@]1(C)O2. The van der Waals surface area contributed by atoms with E-state index in [1.165, 1.54) is 7.11 Å². The Morgan fingerprint density at radius 2 is 2.05 bits per heavy atom. The Bertz CT molecular complexity index is 650. The fourth-order valence-corrected chi connectivity index (χ4v) is 3.34. The maximum absolute atomic E-state index is 12.8. The van der Waals surface area contributed by atoms with Crippen molar-refractivity contribution in [3.05, 3.63) is 23.3 Å². The standard InChI is InChI=1S/C16H18O5/c1-9-7-10(20-3)13-11(8-9)21-15(2)6-4-5-12(17)16(15,19)14(13)18/h7-8,19H,4-6H2,1-3H3/t15-,16-/m1/s1. The Morgan fingerprint density at radius 3 is 2.71 bits per heavy atom. The number of aryl methyl sites for hydroxylation is 1. The number of benzene rings is 1. The average molecular weight is 290 g/mol. The lowest BCUT2D eigenvalue weighted by Gasteiger charge is -2.48. The van der Waals surface area contributed by atoms with Gasteiger partial charge >= 0.3 is 0 Å². The number of methoxy groups -OCH3 is 1. The molecule has 2 atom stereocenters. The molecule has 2 aliphatic rings. The summed E-state index contributed by atoms with van der Waals surface area (Å²) < 4.78 is 11.2. The molecule has 1 heterocycles. The van der Waals surface area contributed by atoms with Crippen LogP contribution in [0.5, 0.6) is 11.5 Å². The van der Waals surface area contributed by atoms with E-state index in [2.05, 4.69) is 0 Å². The lowest BCUT2D eigenvalue weighted by molar-refractivity contribution is -0.162. The number of ketones is 2. The quantitative estimate of drug-likeness (QED) is 0.799. The molecule has 0 spiro atoms. The van der Waals surface area contributed by atoms with Crippen LogP contribution in [0.25, 0.3) is 0 Å². The summed E-state index contributed by atoms with van der Waals surface area (Å²) in [4.78, 5) is 25.1. The first-order chi connectivity index (χ1) is 9.83. The molecule has 3 rings (SSSR count). The van der Waals surface area contributed by atoms with Crippen LogP contribution in [0.1, 0.15) is 42.1 Å². The van der Waals surface area contributed by atoms with Gasteiger partial charge in [0, 0.05) is 6.42 Å². The van der Waals surface area contributed by atoms with Gasteiger partial charge in [-0.2, -0.15) is 0 Å². The number of carbonyl (C=O) groups excluding carboxylic acids is 2. The van der Waals surface area contributed by atoms with Gasteiger partial charge < -0.3 is 14.6 Å². The number of fused-ring (bicyclic) bond motifs is 2. The zero-order chi connectivity index (χ0) is 15.4. The maximum atomic E-state index is 12.8. The van der Waals surface area contributed by atoms with Crippen LogP contribution < -0.4 is 9.47 Å². The predicted molar refractivity (Wildman–Crippen MR) is 74.9 cm³/mol. The molecule has 1 aromatic carbocycles. The first-order valence-electron chi connectivity index (χ1n) is 7.01. The molecule has 0 unspecified atom stereocenters. The smallest absolute Gasteiger partial charge is 0.225 e. The van der Waals surface area contributed by atoms with E-state index in [-0.39, 0.29) is 12.0 Å². The van der Waals surface area contributed by atoms with Crippen LogP contribution in [0, 0.1) is 6.92 Å². The number of Topliss-reactive ketones (excluding diaryl/α,β-unsaturated/α-hetero) is 2. The second-order valence-electron chi connectivity index (χ2n) is 5.99. The summed E-state index contributed by atoms with van der Waals surface area (Å²) in [5.74, 6) is -0.398. The molecule has 5 heteroatoms. The number of hydrogen-bond donors (Lipinski definition) is 1. The Morgan fingerprint density at radius 1 is 1.33 bits per heavy atom. The Balaban J connectivity index is 2.27. The molecule has 0 bridgehead atoms. The highest BCUT2D eigenvalue weighted by atomic mass is 16.5. The van der Waals surface area contributed by atoms with E-state index in [0.717, 1.165) is 5.56 Å². The third-order valence-corrected chi connectivity index (χ3v) is 4.55. The van der Waals surface area contributed by atoms with Crippen LogP contribution in [0.3, 0.4) is 0 Å². The van der Waals surface area contributed by atoms with Crippen molar-refractivity contribution in [3.63, 3.8) is 0 Å². The van der Waals surface area contributed by atoms with Gasteiger partial charge in [0.05, 0.1) is 7.11 Å². The molecule has 112 valence electrons. The fraction of sp³-hybridized carbons (Fsp3) is 0.500. The van der Waals surface area contributed by atoms with E-state index < -0.39 is 22.8 Å². The molecule has 0 radical (unpaired) electrons. The summed E-state index contributed by atoms with van der Waals surface area (Å²) in [6.45, 7) is 3.49. The predicted octanol–water partition coefficient (Wildman–Crippen LogP) is 1.82. The van der Waals surface area contributed by atoms with Gasteiger partial charge in [0.2, 0.25) is 11.4 Å². The molecular formula is C16H18O5. The molecule has 21 heavy (non-hydrogen) atoms. The third kappa shape index (κ3) is 1.67. The summed E-state index contributed by atoms with van der Waals surface area (Å²) in [6.07, 6.45) is 1.24. The summed E-state index contributed by atoms with van der Waals surface area (Å²) in [5, 5.41) is 10.8. The Hall–Kier alpha value is -1.88. The molecule has 0 saturated heterocycles. The lowest BCUT2D eigenvalue weighted by Crippen LogP contribution is -2.69. The molecule has 1 saturated carbocycles. The Labute approximate surface area is 122 Å². The van der Waals surface area contributed by atoms with Crippen LogP contribution in [-0.4, -0.2) is 35.0 Å². The number of carbonyl (C=O) groups is 2. The van der Waals surface area contributed by atoms with Crippen LogP contribution in [-0.2, 0) is 4.79 Å². The van der Waals surface area contributed by atoms with Crippen molar-refractivity contribution in [2.24, 2.45) is 0 Å². The van der Waals surface area contributed by atoms with E-state index in [4.69, 9.17) is 9.47 Å². The Kier molecular flexibility index (Phi) is 2.89. The summed E-state index contributed by atoms with van der Waals surface area (Å²) in [5.41, 5.74) is -2.31. The van der Waals surface area contributed by atoms with Gasteiger partial charge in [0.25, 0.3) is 0 Å². The van der Waals surface area contributed by atoms with E-state index in [9.17, 15) is 14.7 Å². The first kappa shape index (κ1) is 14.1. The normalized spacial score (nSPS) is 31.2. The van der Waals surface area contributed by atoms with E-state index in [1.807, 2.05) is 6.92 Å². The minimum atomic E-state index is -2.12. The van der Waals surface area contributed by atoms with Crippen molar-refractivity contribution >= 4 is 11.6 Å². The van der Waals surface area contributed by atoms with Gasteiger partial charge in [0.1, 0.15) is 22.7 Å². The van der Waals surface area contributed by atoms with Crippen LogP contribution in [0.15, 0.2) is 12.1 Å². The van der Waals surface area contributed by atoms with E-state index >= 15 is 0 Å². The zero-order valence-corrected chi connectivity index (χ0v) is 12.4. The summed E-state index contributed by atoms with van der Waals surface area (Å²) in [7, 11) is 1.45. The number of rotatable bonds is 1. The maximum Gasteiger partial charge on any atom is 0.225 e. The summed E-state index contributed by atoms with van der Waals surface area (Å²) in [6, 6.07) is 3.43. The van der Waals surface area contributed by atoms with Gasteiger partial charge in [-0.25, -0.2) is 0 Å². The summed E-state index contributed by atoms with van der Waals surface area (Å²) >= 11 is 0. The van der Waals surface area contributed by atoms with Crippen molar-refractivity contribution in [1.29, 1.82) is 0 Å². The van der Waals surface area contributed by atoms with Gasteiger partial charge in [-0.05, 0) is 44.4 Å². The van der Waals surface area contributed by atoms with Crippen LogP contribution >= 0.6 is 0 Å². The minimum Gasteiger partial charge on any atom is -0.496 e. The second-order valence-corrected chi connectivity index (χ2v) is 5.99. The van der Waals surface area contributed by atoms with Crippen molar-refractivity contribution in [2.45, 2.75) is 44.3 Å². The molecule has 0 aromatic heterocycles. The highest BCUT2D eigenvalue weighted by Crippen LogP contribution is 2.48. The topological polar surface area (TPSA) is 72.8 Å². The highest BCUT2D eigenvalue weighted by molar-refractivity contribution is 6.21. The van der Waals surface area contributed by atoms with Gasteiger partial charge in [-0.1, -0.05) is 0 Å². The molecule has 5 nitrogen and oxygen atoms in total. The van der Waals surface area contributed by atoms with Crippen LogP contribution in [0.2, 0.25) is 0 Å². The molecule has 1 fully saturated rings. The second kappa shape index (κ2) is 4.31. The van der Waals surface area contributed by atoms with Gasteiger partial charge in [-0.15, -0.1) is 0 Å². The molecule has 1 aromatic rings. The first-order valence-corrected chi connectivity index (χ1v) is 7.01. The number of hydrogen-bond acceptors (Lipinski definition) is 5. The van der Waals surface area contributed by atoms with Crippen molar-refractivity contribution in [3.8, 4) is 11.5 Å². The monoisotopic (exact) mass is 290 g/mol. The van der Waals surface area contributed by atoms with Crippen molar-refractivity contribution in [1.82, 2.24) is 0 Å². The van der Waals surface area contributed by atoms with Crippen molar-refractivity contribution < 1.29 is 24.2 Å². The average Bonchev–Trinajstić information content (AvgIpc) is 2.42. The number of aliphatic hydroxyl groups is 1.